The third kappa shape index (κ3) is 2.80. The molecule has 1 atom stereocenters. The van der Waals surface area contributed by atoms with E-state index >= 15 is 0 Å². The quantitative estimate of drug-likeness (QED) is 0.921. The van der Waals surface area contributed by atoms with E-state index in [1.165, 1.54) is 18.5 Å². The number of carbonyl (C=O) groups is 1. The van der Waals surface area contributed by atoms with E-state index < -0.39 is 5.97 Å². The smallest absolute Gasteiger partial charge is 0.335 e. The van der Waals surface area contributed by atoms with Crippen LogP contribution in [0.25, 0.3) is 0 Å². The van der Waals surface area contributed by atoms with E-state index in [2.05, 4.69) is 4.90 Å². The molecule has 0 bridgehead atoms. The highest BCUT2D eigenvalue weighted by molar-refractivity contribution is 5.88. The van der Waals surface area contributed by atoms with Crippen molar-refractivity contribution in [1.29, 1.82) is 0 Å². The normalized spacial score (nSPS) is 22.4. The summed E-state index contributed by atoms with van der Waals surface area (Å²) in [5, 5.41) is 9.08. The molecule has 2 heterocycles. The van der Waals surface area contributed by atoms with Gasteiger partial charge in [0.05, 0.1) is 11.7 Å². The molecule has 0 spiro atoms. The second-order valence-electron chi connectivity index (χ2n) is 5.69. The van der Waals surface area contributed by atoms with Crippen LogP contribution in [0.2, 0.25) is 0 Å². The van der Waals surface area contributed by atoms with Crippen LogP contribution in [0.15, 0.2) is 18.2 Å². The van der Waals surface area contributed by atoms with Gasteiger partial charge in [-0.3, -0.25) is 0 Å². The zero-order chi connectivity index (χ0) is 13.9. The summed E-state index contributed by atoms with van der Waals surface area (Å²) in [5.74, 6) is -0.847. The maximum atomic E-state index is 11.1. The molecule has 1 aromatic carbocycles. The van der Waals surface area contributed by atoms with Crippen LogP contribution in [0.5, 0.6) is 0 Å². The molecule has 3 rings (SSSR count). The Morgan fingerprint density at radius 3 is 3.00 bits per heavy atom. The van der Waals surface area contributed by atoms with Gasteiger partial charge in [-0.1, -0.05) is 0 Å². The fraction of sp³-hybridized carbons (Fsp3) is 0.562. The minimum absolute atomic E-state index is 0.328. The van der Waals surface area contributed by atoms with E-state index in [-0.39, 0.29) is 0 Å². The largest absolute Gasteiger partial charge is 0.478 e. The van der Waals surface area contributed by atoms with Crippen LogP contribution in [0.3, 0.4) is 0 Å². The maximum Gasteiger partial charge on any atom is 0.335 e. The predicted octanol–water partition coefficient (Wildman–Crippen LogP) is 2.71. The van der Waals surface area contributed by atoms with E-state index in [0.29, 0.717) is 11.7 Å². The van der Waals surface area contributed by atoms with E-state index in [0.717, 1.165) is 44.5 Å². The number of carboxylic acid groups (broad SMARTS) is 1. The molecule has 2 aliphatic rings. The number of rotatable bonds is 3. The van der Waals surface area contributed by atoms with Crippen molar-refractivity contribution in [2.45, 2.75) is 38.2 Å². The first-order chi connectivity index (χ1) is 9.74. The van der Waals surface area contributed by atoms with Crippen LogP contribution in [0, 0.1) is 0 Å². The van der Waals surface area contributed by atoms with Gasteiger partial charge in [0.15, 0.2) is 0 Å². The van der Waals surface area contributed by atoms with Crippen molar-refractivity contribution in [3.05, 3.63) is 29.3 Å². The molecule has 108 valence electrons. The van der Waals surface area contributed by atoms with Crippen molar-refractivity contribution in [2.24, 2.45) is 0 Å². The van der Waals surface area contributed by atoms with Gasteiger partial charge in [0.2, 0.25) is 0 Å². The van der Waals surface area contributed by atoms with E-state index in [1.54, 1.807) is 6.07 Å². The van der Waals surface area contributed by atoms with Gasteiger partial charge in [-0.15, -0.1) is 0 Å². The SMILES string of the molecule is O=C(O)c1ccc2c(c1)CCCN2CC1CCCCO1. The number of carboxylic acids is 1. The van der Waals surface area contributed by atoms with Gasteiger partial charge in [0.1, 0.15) is 0 Å². The Balaban J connectivity index is 1.77. The molecule has 0 aromatic heterocycles. The fourth-order valence-corrected chi connectivity index (χ4v) is 3.19. The lowest BCUT2D eigenvalue weighted by molar-refractivity contribution is 0.0208. The summed E-state index contributed by atoms with van der Waals surface area (Å²) in [7, 11) is 0. The van der Waals surface area contributed by atoms with Crippen molar-refractivity contribution in [1.82, 2.24) is 0 Å². The molecule has 4 heteroatoms. The number of hydrogen-bond acceptors (Lipinski definition) is 3. The molecule has 1 N–H and O–H groups in total. The van der Waals surface area contributed by atoms with Crippen LogP contribution < -0.4 is 4.90 Å². The molecule has 20 heavy (non-hydrogen) atoms. The predicted molar refractivity (Wildman–Crippen MR) is 77.5 cm³/mol. The second-order valence-corrected chi connectivity index (χ2v) is 5.69. The molecule has 0 radical (unpaired) electrons. The van der Waals surface area contributed by atoms with Crippen molar-refractivity contribution >= 4 is 11.7 Å². The van der Waals surface area contributed by atoms with Gasteiger partial charge in [0, 0.05) is 25.4 Å². The molecule has 1 saturated heterocycles. The lowest BCUT2D eigenvalue weighted by Gasteiger charge is -2.35. The first-order valence-electron chi connectivity index (χ1n) is 7.47. The van der Waals surface area contributed by atoms with Crippen molar-refractivity contribution < 1.29 is 14.6 Å². The molecule has 0 amide bonds. The number of benzene rings is 1. The summed E-state index contributed by atoms with van der Waals surface area (Å²) in [4.78, 5) is 13.4. The van der Waals surface area contributed by atoms with Gasteiger partial charge in [-0.05, 0) is 55.9 Å². The van der Waals surface area contributed by atoms with Crippen LogP contribution in [-0.4, -0.2) is 36.9 Å². The molecular weight excluding hydrogens is 254 g/mol. The van der Waals surface area contributed by atoms with Gasteiger partial charge >= 0.3 is 5.97 Å². The molecular formula is C16H21NO3. The van der Waals surface area contributed by atoms with Crippen molar-refractivity contribution in [3.8, 4) is 0 Å². The van der Waals surface area contributed by atoms with Gasteiger partial charge in [-0.2, -0.15) is 0 Å². The summed E-state index contributed by atoms with van der Waals surface area (Å²) in [6, 6.07) is 5.49. The molecule has 0 saturated carbocycles. The van der Waals surface area contributed by atoms with Crippen LogP contribution in [0.1, 0.15) is 41.6 Å². The Morgan fingerprint density at radius 1 is 1.35 bits per heavy atom. The molecule has 1 unspecified atom stereocenters. The summed E-state index contributed by atoms with van der Waals surface area (Å²) in [6.45, 7) is 2.85. The summed E-state index contributed by atoms with van der Waals surface area (Å²) in [6.07, 6.45) is 5.95. The third-order valence-electron chi connectivity index (χ3n) is 4.24. The Hall–Kier alpha value is -1.55. The van der Waals surface area contributed by atoms with Crippen LogP contribution in [0.4, 0.5) is 5.69 Å². The third-order valence-corrected chi connectivity index (χ3v) is 4.24. The zero-order valence-electron chi connectivity index (χ0n) is 11.7. The van der Waals surface area contributed by atoms with Gasteiger partial charge < -0.3 is 14.7 Å². The number of aromatic carboxylic acids is 1. The standard InChI is InChI=1S/C16H21NO3/c18-16(19)13-6-7-15-12(10-13)4-3-8-17(15)11-14-5-1-2-9-20-14/h6-7,10,14H,1-5,8-9,11H2,(H,18,19). The lowest BCUT2D eigenvalue weighted by Crippen LogP contribution is -2.38. The van der Waals surface area contributed by atoms with Gasteiger partial charge in [0.25, 0.3) is 0 Å². The highest BCUT2D eigenvalue weighted by Crippen LogP contribution is 2.29. The number of nitrogens with zero attached hydrogens (tertiary/aromatic N) is 1. The topological polar surface area (TPSA) is 49.8 Å². The van der Waals surface area contributed by atoms with Gasteiger partial charge in [-0.25, -0.2) is 4.79 Å². The van der Waals surface area contributed by atoms with Crippen LogP contribution >= 0.6 is 0 Å². The number of hydrogen-bond donors (Lipinski definition) is 1. The molecule has 1 aromatic rings. The zero-order valence-corrected chi connectivity index (χ0v) is 11.7. The molecule has 2 aliphatic heterocycles. The number of fused-ring (bicyclic) bond motifs is 1. The average molecular weight is 275 g/mol. The lowest BCUT2D eigenvalue weighted by atomic mass is 9.98. The summed E-state index contributed by atoms with van der Waals surface area (Å²) >= 11 is 0. The Morgan fingerprint density at radius 2 is 2.25 bits per heavy atom. The van der Waals surface area contributed by atoms with Crippen LogP contribution in [-0.2, 0) is 11.2 Å². The second kappa shape index (κ2) is 5.83. The number of anilines is 1. The minimum Gasteiger partial charge on any atom is -0.478 e. The first kappa shape index (κ1) is 13.4. The fourth-order valence-electron chi connectivity index (χ4n) is 3.19. The summed E-state index contributed by atoms with van der Waals surface area (Å²) in [5.41, 5.74) is 2.74. The monoisotopic (exact) mass is 275 g/mol. The number of aryl methyl sites for hydroxylation is 1. The average Bonchev–Trinajstić information content (AvgIpc) is 2.48. The minimum atomic E-state index is -0.847. The molecule has 1 fully saturated rings. The Kier molecular flexibility index (Phi) is 3.92. The first-order valence-corrected chi connectivity index (χ1v) is 7.47. The van der Waals surface area contributed by atoms with E-state index in [9.17, 15) is 4.79 Å². The number of ether oxygens (including phenoxy) is 1. The van der Waals surface area contributed by atoms with E-state index in [1.807, 2.05) is 12.1 Å². The Bertz CT molecular complexity index is 494. The maximum absolute atomic E-state index is 11.1. The van der Waals surface area contributed by atoms with Crippen molar-refractivity contribution in [2.75, 3.05) is 24.6 Å². The highest BCUT2D eigenvalue weighted by Gasteiger charge is 2.22. The van der Waals surface area contributed by atoms with E-state index in [4.69, 9.17) is 9.84 Å². The Labute approximate surface area is 119 Å². The van der Waals surface area contributed by atoms with Crippen molar-refractivity contribution in [3.63, 3.8) is 0 Å². The highest BCUT2D eigenvalue weighted by atomic mass is 16.5. The molecule has 4 nitrogen and oxygen atoms in total. The summed E-state index contributed by atoms with van der Waals surface area (Å²) < 4.78 is 5.82. The molecule has 0 aliphatic carbocycles.